The normalized spacial score (nSPS) is 13.4. The molecule has 0 radical (unpaired) electrons. The van der Waals surface area contributed by atoms with E-state index in [4.69, 9.17) is 39.5 Å². The third-order valence-electron chi connectivity index (χ3n) is 7.02. The zero-order chi connectivity index (χ0) is 31.8. The van der Waals surface area contributed by atoms with Crippen molar-refractivity contribution in [2.75, 3.05) is 17.2 Å². The Morgan fingerprint density at radius 3 is 2.55 bits per heavy atom. The van der Waals surface area contributed by atoms with Crippen LogP contribution in [0.4, 0.5) is 30.5 Å². The minimum atomic E-state index is -2.81. The summed E-state index contributed by atoms with van der Waals surface area (Å²) in [5.74, 6) is -1.69. The van der Waals surface area contributed by atoms with E-state index in [9.17, 15) is 28.0 Å². The molecule has 1 fully saturated rings. The highest BCUT2D eigenvalue weighted by Crippen LogP contribution is 2.45. The molecule has 0 aliphatic heterocycles. The van der Waals surface area contributed by atoms with Gasteiger partial charge in [0.1, 0.15) is 23.6 Å². The number of carbonyl (C=O) groups excluding carboxylic acids is 2. The van der Waals surface area contributed by atoms with E-state index in [0.29, 0.717) is 29.4 Å². The van der Waals surface area contributed by atoms with Crippen molar-refractivity contribution >= 4 is 75.0 Å². The van der Waals surface area contributed by atoms with Crippen LogP contribution in [0.5, 0.6) is 5.75 Å². The SMILES string of the molecule is Cn1c(Nc2c(Cl)ccc(CNC(=O)C3(C#N)CC3)c2Cl)nc2cc(C(=O)Nc3ccc(F)c(Cl)c3)c(OCC(F)F)cc21. The fourth-order valence-electron chi connectivity index (χ4n) is 4.37. The van der Waals surface area contributed by atoms with E-state index in [0.717, 1.165) is 6.07 Å². The van der Waals surface area contributed by atoms with E-state index in [1.165, 1.54) is 24.3 Å². The molecule has 1 saturated carbocycles. The lowest BCUT2D eigenvalue weighted by Crippen LogP contribution is -2.30. The zero-order valence-corrected chi connectivity index (χ0v) is 25.0. The second kappa shape index (κ2) is 12.4. The first-order valence-corrected chi connectivity index (χ1v) is 14.2. The first-order chi connectivity index (χ1) is 20.9. The molecule has 1 aliphatic rings. The van der Waals surface area contributed by atoms with Crippen LogP contribution in [0, 0.1) is 22.6 Å². The number of benzene rings is 3. The molecule has 0 bridgehead atoms. The molecule has 15 heteroatoms. The fraction of sp³-hybridized carbons (Fsp3) is 0.241. The number of nitrogens with one attached hydrogen (secondary N) is 3. The first-order valence-electron chi connectivity index (χ1n) is 13.0. The Morgan fingerprint density at radius 1 is 1.14 bits per heavy atom. The first kappa shape index (κ1) is 31.3. The quantitative estimate of drug-likeness (QED) is 0.164. The van der Waals surface area contributed by atoms with Crippen LogP contribution in [0.1, 0.15) is 28.8 Å². The number of halogens is 6. The average Bonchev–Trinajstić information content (AvgIpc) is 3.74. The van der Waals surface area contributed by atoms with Gasteiger partial charge in [0, 0.05) is 25.3 Å². The summed E-state index contributed by atoms with van der Waals surface area (Å²) in [6, 6.07) is 11.6. The summed E-state index contributed by atoms with van der Waals surface area (Å²) >= 11 is 18.9. The van der Waals surface area contributed by atoms with Gasteiger partial charge in [-0.25, -0.2) is 18.2 Å². The van der Waals surface area contributed by atoms with Crippen LogP contribution in [-0.2, 0) is 18.4 Å². The molecule has 0 atom stereocenters. The van der Waals surface area contributed by atoms with E-state index >= 15 is 0 Å². The minimum Gasteiger partial charge on any atom is -0.487 e. The highest BCUT2D eigenvalue weighted by molar-refractivity contribution is 6.39. The van der Waals surface area contributed by atoms with Gasteiger partial charge in [0.15, 0.2) is 0 Å². The standard InChI is InChI=1S/C29H22Cl3F3N6O3/c1-41-21-10-22(44-12-23(34)35)16(26(42)38-15-3-5-19(33)18(31)8-15)9-20(21)39-28(41)40-25-17(30)4-2-14(24(25)32)11-37-27(43)29(13-36)6-7-29/h2-5,8-10,23H,6-7,11-12H2,1H3,(H,37,43)(H,38,42)(H,39,40). The number of aromatic nitrogens is 2. The number of carbonyl (C=O) groups is 2. The van der Waals surface area contributed by atoms with Crippen molar-refractivity contribution in [1.29, 1.82) is 5.26 Å². The highest BCUT2D eigenvalue weighted by atomic mass is 35.5. The largest absolute Gasteiger partial charge is 0.487 e. The summed E-state index contributed by atoms with van der Waals surface area (Å²) in [7, 11) is 1.64. The molecule has 1 aliphatic carbocycles. The predicted molar refractivity (Wildman–Crippen MR) is 160 cm³/mol. The topological polar surface area (TPSA) is 121 Å². The molecule has 4 aromatic rings. The lowest BCUT2D eigenvalue weighted by molar-refractivity contribution is -0.124. The number of rotatable bonds is 10. The Balaban J connectivity index is 1.45. The molecule has 0 saturated heterocycles. The van der Waals surface area contributed by atoms with Crippen molar-refractivity contribution < 1.29 is 27.5 Å². The van der Waals surface area contributed by atoms with Crippen molar-refractivity contribution in [3.05, 3.63) is 74.5 Å². The number of nitriles is 1. The second-order valence-corrected chi connectivity index (χ2v) is 11.2. The highest BCUT2D eigenvalue weighted by Gasteiger charge is 2.50. The van der Waals surface area contributed by atoms with Crippen LogP contribution in [-0.4, -0.2) is 34.4 Å². The smallest absolute Gasteiger partial charge is 0.272 e. The Kier molecular flexibility index (Phi) is 8.83. The van der Waals surface area contributed by atoms with Gasteiger partial charge in [-0.2, -0.15) is 5.26 Å². The van der Waals surface area contributed by atoms with Crippen LogP contribution in [0.3, 0.4) is 0 Å². The minimum absolute atomic E-state index is 0.0536. The molecule has 1 aromatic heterocycles. The second-order valence-electron chi connectivity index (χ2n) is 10.0. The van der Waals surface area contributed by atoms with Crippen LogP contribution in [0.15, 0.2) is 42.5 Å². The number of fused-ring (bicyclic) bond motifs is 1. The predicted octanol–water partition coefficient (Wildman–Crippen LogP) is 7.23. The van der Waals surface area contributed by atoms with E-state index in [1.54, 1.807) is 23.7 Å². The number of nitrogens with zero attached hydrogens (tertiary/aromatic N) is 3. The number of aryl methyl sites for hydroxylation is 1. The van der Waals surface area contributed by atoms with Gasteiger partial charge in [-0.05, 0) is 48.7 Å². The van der Waals surface area contributed by atoms with Gasteiger partial charge in [0.2, 0.25) is 11.9 Å². The molecule has 0 spiro atoms. The van der Waals surface area contributed by atoms with Crippen molar-refractivity contribution in [3.63, 3.8) is 0 Å². The Labute approximate surface area is 263 Å². The zero-order valence-electron chi connectivity index (χ0n) is 22.8. The fourth-order valence-corrected chi connectivity index (χ4v) is 5.08. The van der Waals surface area contributed by atoms with Crippen LogP contribution in [0.2, 0.25) is 15.1 Å². The molecular weight excluding hydrogens is 644 g/mol. The number of imidazole rings is 1. The molecule has 44 heavy (non-hydrogen) atoms. The molecule has 5 rings (SSSR count). The molecule has 3 N–H and O–H groups in total. The molecule has 1 heterocycles. The van der Waals surface area contributed by atoms with Gasteiger partial charge in [0.05, 0.1) is 43.4 Å². The maximum absolute atomic E-state index is 13.6. The van der Waals surface area contributed by atoms with Gasteiger partial charge >= 0.3 is 0 Å². The molecular formula is C29H22Cl3F3N6O3. The van der Waals surface area contributed by atoms with E-state index < -0.39 is 30.2 Å². The summed E-state index contributed by atoms with van der Waals surface area (Å²) in [5.41, 5.74) is 0.589. The lowest BCUT2D eigenvalue weighted by atomic mass is 10.1. The van der Waals surface area contributed by atoms with Gasteiger partial charge in [0.25, 0.3) is 12.3 Å². The number of alkyl halides is 2. The molecule has 2 amide bonds. The molecule has 0 unspecified atom stereocenters. The van der Waals surface area contributed by atoms with E-state index in [-0.39, 0.29) is 56.2 Å². The number of amides is 2. The summed E-state index contributed by atoms with van der Waals surface area (Å²) in [4.78, 5) is 30.1. The number of ether oxygens (including phenoxy) is 1. The molecule has 9 nitrogen and oxygen atoms in total. The summed E-state index contributed by atoms with van der Waals surface area (Å²) in [6.07, 6.45) is -1.80. The van der Waals surface area contributed by atoms with Gasteiger partial charge in [-0.15, -0.1) is 0 Å². The van der Waals surface area contributed by atoms with Crippen LogP contribution < -0.4 is 20.7 Å². The van der Waals surface area contributed by atoms with Gasteiger partial charge in [-0.3, -0.25) is 9.59 Å². The van der Waals surface area contributed by atoms with E-state index in [1.807, 2.05) is 6.07 Å². The third kappa shape index (κ3) is 6.36. The summed E-state index contributed by atoms with van der Waals surface area (Å²) in [6.45, 7) is -0.917. The third-order valence-corrected chi connectivity index (χ3v) is 8.05. The molecule has 3 aromatic carbocycles. The van der Waals surface area contributed by atoms with Crippen molar-refractivity contribution in [2.24, 2.45) is 12.5 Å². The summed E-state index contributed by atoms with van der Waals surface area (Å²) < 4.78 is 46.5. The lowest BCUT2D eigenvalue weighted by Gasteiger charge is -2.15. The average molecular weight is 666 g/mol. The number of hydrogen-bond donors (Lipinski definition) is 3. The van der Waals surface area contributed by atoms with Crippen molar-refractivity contribution in [1.82, 2.24) is 14.9 Å². The maximum atomic E-state index is 13.6. The summed E-state index contributed by atoms with van der Waals surface area (Å²) in [5, 5.41) is 17.8. The van der Waals surface area contributed by atoms with Crippen LogP contribution in [0.25, 0.3) is 11.0 Å². The van der Waals surface area contributed by atoms with Gasteiger partial charge < -0.3 is 25.3 Å². The number of anilines is 3. The Bertz CT molecular complexity index is 1840. The Morgan fingerprint density at radius 2 is 1.89 bits per heavy atom. The van der Waals surface area contributed by atoms with Crippen molar-refractivity contribution in [2.45, 2.75) is 25.8 Å². The number of hydrogen-bond acceptors (Lipinski definition) is 6. The molecule has 228 valence electrons. The van der Waals surface area contributed by atoms with Gasteiger partial charge in [-0.1, -0.05) is 40.9 Å². The van der Waals surface area contributed by atoms with E-state index in [2.05, 4.69) is 20.9 Å². The van der Waals surface area contributed by atoms with Crippen LogP contribution >= 0.6 is 34.8 Å². The maximum Gasteiger partial charge on any atom is 0.272 e. The van der Waals surface area contributed by atoms with Crippen molar-refractivity contribution in [3.8, 4) is 11.8 Å². The Hall–Kier alpha value is -4.18. The monoisotopic (exact) mass is 664 g/mol.